The molecule has 4 aromatic rings. The van der Waals surface area contributed by atoms with Gasteiger partial charge in [-0.05, 0) is 36.6 Å². The van der Waals surface area contributed by atoms with E-state index in [-0.39, 0.29) is 36.9 Å². The third-order valence-corrected chi connectivity index (χ3v) is 6.43. The van der Waals surface area contributed by atoms with Gasteiger partial charge < -0.3 is 14.0 Å². The van der Waals surface area contributed by atoms with E-state index in [1.165, 1.54) is 0 Å². The number of aryl methyl sites for hydroxylation is 3. The highest BCUT2D eigenvalue weighted by atomic mass is 16.6. The standard InChI is InChI=1S/C26H26N4O5/c1-15-9-21(31)29(3)23-19(15)11-20-16(2)10-22(32)30-18(14-34-25(23)24(20)30)12-27-28-26(33)35-13-17-7-5-4-6-8-17/h4-11,18,27H,12-14H2,1-3H3,(H,28,33). The lowest BCUT2D eigenvalue weighted by Crippen LogP contribution is -2.45. The van der Waals surface area contributed by atoms with Crippen molar-refractivity contribution in [2.24, 2.45) is 7.05 Å². The minimum atomic E-state index is -0.621. The van der Waals surface area contributed by atoms with E-state index in [0.717, 1.165) is 27.5 Å². The zero-order valence-electron chi connectivity index (χ0n) is 19.8. The molecule has 0 radical (unpaired) electrons. The molecule has 2 N–H and O–H groups in total. The van der Waals surface area contributed by atoms with Gasteiger partial charge in [0.25, 0.3) is 11.1 Å². The molecule has 0 aliphatic carbocycles. The van der Waals surface area contributed by atoms with Gasteiger partial charge in [0.2, 0.25) is 0 Å². The number of fused-ring (bicyclic) bond motifs is 2. The largest absolute Gasteiger partial charge is 0.487 e. The maximum atomic E-state index is 13.1. The van der Waals surface area contributed by atoms with Crippen LogP contribution in [0.2, 0.25) is 0 Å². The Labute approximate surface area is 200 Å². The molecule has 0 spiro atoms. The minimum absolute atomic E-state index is 0.141. The lowest BCUT2D eigenvalue weighted by Gasteiger charge is -2.30. The van der Waals surface area contributed by atoms with Crippen molar-refractivity contribution in [3.8, 4) is 5.75 Å². The zero-order valence-corrected chi connectivity index (χ0v) is 19.8. The highest BCUT2D eigenvalue weighted by molar-refractivity contribution is 6.04. The van der Waals surface area contributed by atoms with Crippen molar-refractivity contribution in [2.45, 2.75) is 26.5 Å². The van der Waals surface area contributed by atoms with Crippen molar-refractivity contribution in [1.29, 1.82) is 0 Å². The third-order valence-electron chi connectivity index (χ3n) is 6.43. The Balaban J connectivity index is 1.44. The van der Waals surface area contributed by atoms with Gasteiger partial charge in [0.15, 0.2) is 5.75 Å². The second-order valence-corrected chi connectivity index (χ2v) is 8.79. The fourth-order valence-electron chi connectivity index (χ4n) is 4.63. The smallest absolute Gasteiger partial charge is 0.421 e. The van der Waals surface area contributed by atoms with Gasteiger partial charge in [-0.1, -0.05) is 30.3 Å². The van der Waals surface area contributed by atoms with E-state index in [1.54, 1.807) is 28.3 Å². The Morgan fingerprint density at radius 1 is 1.03 bits per heavy atom. The number of carbonyl (C=O) groups is 1. The third kappa shape index (κ3) is 4.04. The average Bonchev–Trinajstić information content (AvgIpc) is 2.85. The van der Waals surface area contributed by atoms with Gasteiger partial charge in [-0.25, -0.2) is 10.2 Å². The van der Waals surface area contributed by atoms with Crippen molar-refractivity contribution in [3.05, 3.63) is 85.9 Å². The van der Waals surface area contributed by atoms with E-state index >= 15 is 0 Å². The van der Waals surface area contributed by atoms with Crippen molar-refractivity contribution in [3.63, 3.8) is 0 Å². The Hall–Kier alpha value is -4.11. The van der Waals surface area contributed by atoms with Gasteiger partial charge in [0.1, 0.15) is 13.2 Å². The Kier molecular flexibility index (Phi) is 5.78. The molecule has 1 unspecified atom stereocenters. The van der Waals surface area contributed by atoms with Crippen molar-refractivity contribution in [1.82, 2.24) is 20.0 Å². The zero-order chi connectivity index (χ0) is 24.7. The van der Waals surface area contributed by atoms with Crippen LogP contribution in [0.3, 0.4) is 0 Å². The number of hydrogen-bond acceptors (Lipinski definition) is 6. The maximum Gasteiger partial charge on any atom is 0.421 e. The first-order chi connectivity index (χ1) is 16.8. The second kappa shape index (κ2) is 8.92. The van der Waals surface area contributed by atoms with E-state index in [4.69, 9.17) is 9.47 Å². The molecule has 35 heavy (non-hydrogen) atoms. The average molecular weight is 475 g/mol. The molecule has 3 heterocycles. The molecule has 1 amide bonds. The SMILES string of the molecule is Cc1cc(=O)n(C)c2c3c4c(cc12)c(C)cc(=O)n4C(CNNC(=O)OCc1ccccc1)CO3. The lowest BCUT2D eigenvalue weighted by atomic mass is 10.0. The van der Waals surface area contributed by atoms with Gasteiger partial charge in [0, 0.05) is 36.5 Å². The summed E-state index contributed by atoms with van der Waals surface area (Å²) >= 11 is 0. The summed E-state index contributed by atoms with van der Waals surface area (Å²) in [7, 11) is 1.70. The highest BCUT2D eigenvalue weighted by Gasteiger charge is 2.28. The van der Waals surface area contributed by atoms with Crippen LogP contribution in [0.15, 0.2) is 58.1 Å². The number of aromatic nitrogens is 2. The van der Waals surface area contributed by atoms with Crippen molar-refractivity contribution >= 4 is 27.9 Å². The summed E-state index contributed by atoms with van der Waals surface area (Å²) in [6.45, 7) is 4.37. The minimum Gasteiger partial charge on any atom is -0.487 e. The monoisotopic (exact) mass is 474 g/mol. The molecule has 1 aliphatic rings. The topological polar surface area (TPSA) is 104 Å². The van der Waals surface area contributed by atoms with Crippen LogP contribution in [-0.4, -0.2) is 28.4 Å². The summed E-state index contributed by atoms with van der Waals surface area (Å²) in [5, 5.41) is 1.79. The van der Waals surface area contributed by atoms with Crippen LogP contribution in [0.25, 0.3) is 21.8 Å². The number of nitrogens with zero attached hydrogens (tertiary/aromatic N) is 2. The molecule has 9 nitrogen and oxygen atoms in total. The number of benzene rings is 2. The number of nitrogens with one attached hydrogen (secondary N) is 2. The Morgan fingerprint density at radius 3 is 2.46 bits per heavy atom. The molecule has 180 valence electrons. The van der Waals surface area contributed by atoms with Crippen LogP contribution in [0.4, 0.5) is 4.79 Å². The first kappa shape index (κ1) is 22.7. The van der Waals surface area contributed by atoms with E-state index in [9.17, 15) is 14.4 Å². The molecule has 1 aliphatic heterocycles. The van der Waals surface area contributed by atoms with E-state index in [1.807, 2.05) is 50.2 Å². The predicted octanol–water partition coefficient (Wildman–Crippen LogP) is 2.83. The number of carbonyl (C=O) groups excluding carboxylic acids is 1. The molecule has 0 fully saturated rings. The van der Waals surface area contributed by atoms with Crippen molar-refractivity contribution in [2.75, 3.05) is 13.2 Å². The molecule has 5 rings (SSSR count). The first-order valence-corrected chi connectivity index (χ1v) is 11.4. The van der Waals surface area contributed by atoms with Crippen LogP contribution in [0.1, 0.15) is 22.7 Å². The maximum absolute atomic E-state index is 13.1. The number of ether oxygens (including phenoxy) is 2. The molecular formula is C26H26N4O5. The van der Waals surface area contributed by atoms with Crippen LogP contribution in [0, 0.1) is 13.8 Å². The first-order valence-electron chi connectivity index (χ1n) is 11.4. The summed E-state index contributed by atoms with van der Waals surface area (Å²) in [5.74, 6) is 0.521. The highest BCUT2D eigenvalue weighted by Crippen LogP contribution is 2.39. The fourth-order valence-corrected chi connectivity index (χ4v) is 4.63. The molecule has 0 bridgehead atoms. The quantitative estimate of drug-likeness (QED) is 0.341. The molecule has 0 saturated heterocycles. The number of amides is 1. The van der Waals surface area contributed by atoms with Crippen LogP contribution in [0.5, 0.6) is 5.75 Å². The molecule has 9 heteroatoms. The number of rotatable bonds is 5. The lowest BCUT2D eigenvalue weighted by molar-refractivity contribution is 0.132. The summed E-state index contributed by atoms with van der Waals surface area (Å²) in [6, 6.07) is 14.2. The Morgan fingerprint density at radius 2 is 1.71 bits per heavy atom. The van der Waals surface area contributed by atoms with Gasteiger partial charge in [-0.2, -0.15) is 0 Å². The Bertz CT molecular complexity index is 1570. The molecule has 2 aromatic heterocycles. The molecule has 0 saturated carbocycles. The van der Waals surface area contributed by atoms with Crippen LogP contribution < -0.4 is 26.7 Å². The van der Waals surface area contributed by atoms with Gasteiger partial charge in [-0.3, -0.25) is 19.6 Å². The predicted molar refractivity (Wildman–Crippen MR) is 133 cm³/mol. The molecular weight excluding hydrogens is 448 g/mol. The normalized spacial score (nSPS) is 14.7. The van der Waals surface area contributed by atoms with Gasteiger partial charge in [0.05, 0.1) is 17.1 Å². The molecule has 1 atom stereocenters. The summed E-state index contributed by atoms with van der Waals surface area (Å²) in [6.07, 6.45) is -0.621. The summed E-state index contributed by atoms with van der Waals surface area (Å²) < 4.78 is 14.6. The van der Waals surface area contributed by atoms with E-state index in [2.05, 4.69) is 10.9 Å². The van der Waals surface area contributed by atoms with Gasteiger partial charge >= 0.3 is 6.09 Å². The summed E-state index contributed by atoms with van der Waals surface area (Å²) in [4.78, 5) is 37.7. The number of hydrogen-bond donors (Lipinski definition) is 2. The van der Waals surface area contributed by atoms with Crippen molar-refractivity contribution < 1.29 is 14.3 Å². The summed E-state index contributed by atoms with van der Waals surface area (Å²) in [5.41, 5.74) is 8.93. The number of pyridine rings is 2. The van der Waals surface area contributed by atoms with Crippen LogP contribution >= 0.6 is 0 Å². The van der Waals surface area contributed by atoms with Crippen LogP contribution in [-0.2, 0) is 18.4 Å². The van der Waals surface area contributed by atoms with E-state index < -0.39 is 6.09 Å². The fraction of sp³-hybridized carbons (Fsp3) is 0.269. The number of hydrazine groups is 1. The van der Waals surface area contributed by atoms with Gasteiger partial charge in [-0.15, -0.1) is 0 Å². The molecule has 2 aromatic carbocycles. The van der Waals surface area contributed by atoms with E-state index in [0.29, 0.717) is 16.8 Å². The second-order valence-electron chi connectivity index (χ2n) is 8.79.